The highest BCUT2D eigenvalue weighted by molar-refractivity contribution is 5.83. The number of esters is 1. The molecule has 0 saturated heterocycles. The van der Waals surface area contributed by atoms with Crippen molar-refractivity contribution in [3.8, 4) is 5.75 Å². The van der Waals surface area contributed by atoms with Crippen LogP contribution in [0.5, 0.6) is 5.75 Å². The molecule has 0 aromatic heterocycles. The molecule has 3 aromatic rings. The Balaban J connectivity index is 1.78. The first kappa shape index (κ1) is 26.1. The van der Waals surface area contributed by atoms with E-state index in [2.05, 4.69) is 5.43 Å². The predicted molar refractivity (Wildman–Crippen MR) is 131 cm³/mol. The molecule has 1 unspecified atom stereocenters. The third-order valence-corrected chi connectivity index (χ3v) is 5.20. The SMILES string of the molecule is COC(=O)C(Cc1ccc(OC)cc1)N(NC(=O)OCc1ccccc1)C(=O)OCc1ccccc1. The van der Waals surface area contributed by atoms with Gasteiger partial charge in [-0.05, 0) is 28.8 Å². The number of ether oxygens (including phenoxy) is 4. The summed E-state index contributed by atoms with van der Waals surface area (Å²) in [5.41, 5.74) is 4.55. The molecule has 2 amide bonds. The number of nitrogens with one attached hydrogen (secondary N) is 1. The molecule has 0 radical (unpaired) electrons. The Kier molecular flexibility index (Phi) is 9.69. The van der Waals surface area contributed by atoms with E-state index in [1.165, 1.54) is 7.11 Å². The smallest absolute Gasteiger partial charge is 0.429 e. The van der Waals surface area contributed by atoms with Crippen LogP contribution in [0.15, 0.2) is 84.9 Å². The first-order valence-corrected chi connectivity index (χ1v) is 11.2. The van der Waals surface area contributed by atoms with E-state index in [0.29, 0.717) is 11.3 Å². The zero-order chi connectivity index (χ0) is 25.8. The van der Waals surface area contributed by atoms with Crippen LogP contribution in [0.4, 0.5) is 9.59 Å². The number of carbonyl (C=O) groups is 3. The quantitative estimate of drug-likeness (QED) is 0.270. The minimum Gasteiger partial charge on any atom is -0.497 e. The van der Waals surface area contributed by atoms with Gasteiger partial charge in [-0.2, -0.15) is 0 Å². The van der Waals surface area contributed by atoms with Crippen LogP contribution < -0.4 is 10.2 Å². The fraction of sp³-hybridized carbons (Fsp3) is 0.222. The van der Waals surface area contributed by atoms with Crippen LogP contribution in [-0.2, 0) is 38.6 Å². The number of hydrogen-bond acceptors (Lipinski definition) is 7. The summed E-state index contributed by atoms with van der Waals surface area (Å²) >= 11 is 0. The lowest BCUT2D eigenvalue weighted by Gasteiger charge is -2.29. The molecule has 3 rings (SSSR count). The lowest BCUT2D eigenvalue weighted by atomic mass is 10.1. The minimum absolute atomic E-state index is 0.0268. The largest absolute Gasteiger partial charge is 0.497 e. The van der Waals surface area contributed by atoms with Crippen molar-refractivity contribution in [1.82, 2.24) is 10.4 Å². The van der Waals surface area contributed by atoms with Gasteiger partial charge in [-0.1, -0.05) is 72.8 Å². The van der Waals surface area contributed by atoms with Gasteiger partial charge >= 0.3 is 18.2 Å². The van der Waals surface area contributed by atoms with Crippen molar-refractivity contribution in [2.24, 2.45) is 0 Å². The fourth-order valence-electron chi connectivity index (χ4n) is 3.29. The van der Waals surface area contributed by atoms with Crippen LogP contribution in [0.25, 0.3) is 0 Å². The number of rotatable bonds is 9. The molecule has 1 N–H and O–H groups in total. The van der Waals surface area contributed by atoms with Gasteiger partial charge in [0.1, 0.15) is 19.0 Å². The molecule has 0 spiro atoms. The van der Waals surface area contributed by atoms with Crippen LogP contribution in [0.1, 0.15) is 16.7 Å². The van der Waals surface area contributed by atoms with Gasteiger partial charge in [0.15, 0.2) is 6.04 Å². The van der Waals surface area contributed by atoms with E-state index >= 15 is 0 Å². The first-order valence-electron chi connectivity index (χ1n) is 11.2. The van der Waals surface area contributed by atoms with Gasteiger partial charge in [-0.25, -0.2) is 24.8 Å². The molecule has 9 heteroatoms. The second-order valence-corrected chi connectivity index (χ2v) is 7.67. The van der Waals surface area contributed by atoms with Crippen molar-refractivity contribution in [3.05, 3.63) is 102 Å². The Bertz CT molecular complexity index is 1120. The summed E-state index contributed by atoms with van der Waals surface area (Å²) in [6.07, 6.45) is -1.84. The summed E-state index contributed by atoms with van der Waals surface area (Å²) in [5.74, 6) is -0.110. The van der Waals surface area contributed by atoms with Crippen molar-refractivity contribution in [1.29, 1.82) is 0 Å². The lowest BCUT2D eigenvalue weighted by Crippen LogP contribution is -2.56. The second-order valence-electron chi connectivity index (χ2n) is 7.67. The third-order valence-electron chi connectivity index (χ3n) is 5.20. The monoisotopic (exact) mass is 492 g/mol. The van der Waals surface area contributed by atoms with Gasteiger partial charge in [0.05, 0.1) is 14.2 Å². The Labute approximate surface area is 209 Å². The Hall–Kier alpha value is -4.53. The zero-order valence-electron chi connectivity index (χ0n) is 20.1. The molecule has 9 nitrogen and oxygen atoms in total. The maximum Gasteiger partial charge on any atom is 0.429 e. The summed E-state index contributed by atoms with van der Waals surface area (Å²) in [4.78, 5) is 38.4. The summed E-state index contributed by atoms with van der Waals surface area (Å²) in [5, 5.41) is 0.798. The molecule has 188 valence electrons. The van der Waals surface area contributed by atoms with Gasteiger partial charge in [0, 0.05) is 6.42 Å². The van der Waals surface area contributed by atoms with Gasteiger partial charge in [-0.3, -0.25) is 0 Å². The molecule has 0 heterocycles. The summed E-state index contributed by atoms with van der Waals surface area (Å²) in [7, 11) is 2.74. The van der Waals surface area contributed by atoms with E-state index in [0.717, 1.165) is 16.1 Å². The average Bonchev–Trinajstić information content (AvgIpc) is 2.93. The molecule has 3 aromatic carbocycles. The molecule has 0 aliphatic heterocycles. The fourth-order valence-corrected chi connectivity index (χ4v) is 3.29. The van der Waals surface area contributed by atoms with Gasteiger partial charge in [0.25, 0.3) is 0 Å². The molecular formula is C27H28N2O7. The van der Waals surface area contributed by atoms with E-state index in [4.69, 9.17) is 18.9 Å². The van der Waals surface area contributed by atoms with Gasteiger partial charge in [0.2, 0.25) is 0 Å². The third kappa shape index (κ3) is 7.76. The van der Waals surface area contributed by atoms with Crippen LogP contribution >= 0.6 is 0 Å². The molecule has 0 fully saturated rings. The topological polar surface area (TPSA) is 103 Å². The van der Waals surface area contributed by atoms with Gasteiger partial charge < -0.3 is 18.9 Å². The maximum absolute atomic E-state index is 13.1. The highest BCUT2D eigenvalue weighted by Gasteiger charge is 2.34. The number of hydrazine groups is 1. The minimum atomic E-state index is -1.23. The molecule has 0 bridgehead atoms. The van der Waals surface area contributed by atoms with Gasteiger partial charge in [-0.15, -0.1) is 0 Å². The standard InChI is InChI=1S/C27H28N2O7/c1-33-23-15-13-20(14-16-23)17-24(25(30)34-2)29(27(32)36-19-22-11-7-4-8-12-22)28-26(31)35-18-21-9-5-3-6-10-21/h3-16,24H,17-19H2,1-2H3,(H,28,31). The Morgan fingerprint density at radius 3 is 1.83 bits per heavy atom. The predicted octanol–water partition coefficient (Wildman–Crippen LogP) is 4.26. The van der Waals surface area contributed by atoms with Crippen molar-refractivity contribution >= 4 is 18.2 Å². The summed E-state index contributed by atoms with van der Waals surface area (Å²) in [6.45, 7) is -0.0890. The maximum atomic E-state index is 13.1. The Morgan fingerprint density at radius 1 is 0.750 bits per heavy atom. The number of benzene rings is 3. The van der Waals surface area contributed by atoms with E-state index < -0.39 is 24.2 Å². The Morgan fingerprint density at radius 2 is 1.31 bits per heavy atom. The van der Waals surface area contributed by atoms with Crippen LogP contribution in [0.2, 0.25) is 0 Å². The average molecular weight is 493 g/mol. The van der Waals surface area contributed by atoms with E-state index in [1.54, 1.807) is 67.8 Å². The molecule has 1 atom stereocenters. The number of carbonyl (C=O) groups excluding carboxylic acids is 3. The van der Waals surface area contributed by atoms with Crippen molar-refractivity contribution in [2.45, 2.75) is 25.7 Å². The van der Waals surface area contributed by atoms with Crippen molar-refractivity contribution in [2.75, 3.05) is 14.2 Å². The van der Waals surface area contributed by atoms with E-state index in [1.807, 2.05) is 24.3 Å². The number of amides is 2. The molecule has 0 saturated carbocycles. The first-order chi connectivity index (χ1) is 17.5. The molecule has 0 aliphatic carbocycles. The highest BCUT2D eigenvalue weighted by atomic mass is 16.6. The number of methoxy groups -OCH3 is 2. The lowest BCUT2D eigenvalue weighted by molar-refractivity contribution is -0.147. The molecular weight excluding hydrogens is 464 g/mol. The summed E-state index contributed by atoms with van der Waals surface area (Å²) in [6, 6.07) is 23.8. The highest BCUT2D eigenvalue weighted by Crippen LogP contribution is 2.16. The molecule has 0 aliphatic rings. The molecule has 36 heavy (non-hydrogen) atoms. The van der Waals surface area contributed by atoms with E-state index in [9.17, 15) is 14.4 Å². The van der Waals surface area contributed by atoms with Crippen LogP contribution in [0, 0.1) is 0 Å². The van der Waals surface area contributed by atoms with Crippen molar-refractivity contribution in [3.63, 3.8) is 0 Å². The second kappa shape index (κ2) is 13.4. The van der Waals surface area contributed by atoms with E-state index in [-0.39, 0.29) is 19.6 Å². The number of nitrogens with zero attached hydrogens (tertiary/aromatic N) is 1. The summed E-state index contributed by atoms with van der Waals surface area (Å²) < 4.78 is 20.7. The van der Waals surface area contributed by atoms with Crippen LogP contribution in [-0.4, -0.2) is 43.4 Å². The normalized spacial score (nSPS) is 11.1. The van der Waals surface area contributed by atoms with Crippen LogP contribution in [0.3, 0.4) is 0 Å². The number of hydrogen-bond donors (Lipinski definition) is 1. The van der Waals surface area contributed by atoms with Crippen molar-refractivity contribution < 1.29 is 33.3 Å². The zero-order valence-corrected chi connectivity index (χ0v) is 20.1.